The molecule has 1 aromatic heterocycles. The van der Waals surface area contributed by atoms with Crippen LogP contribution in [-0.4, -0.2) is 24.0 Å². The lowest BCUT2D eigenvalue weighted by molar-refractivity contribution is 0.0910. The Morgan fingerprint density at radius 2 is 2.19 bits per heavy atom. The second kappa shape index (κ2) is 5.84. The summed E-state index contributed by atoms with van der Waals surface area (Å²) in [6.07, 6.45) is 5.30. The molecular weight excluding hydrogens is 286 g/mol. The summed E-state index contributed by atoms with van der Waals surface area (Å²) >= 11 is 6.10. The normalized spacial score (nSPS) is 28.4. The quantitative estimate of drug-likeness (QED) is 0.897. The highest BCUT2D eigenvalue weighted by Crippen LogP contribution is 2.49. The molecule has 114 valence electrons. The SMILES string of the molecule is CNc1ccc(Cl)c(C(=O)NC(C)C2CC3CCC2C3)n1. The molecule has 4 nitrogen and oxygen atoms in total. The van der Waals surface area contributed by atoms with Gasteiger partial charge in [-0.3, -0.25) is 4.79 Å². The molecule has 2 fully saturated rings. The lowest BCUT2D eigenvalue weighted by atomic mass is 9.84. The van der Waals surface area contributed by atoms with Gasteiger partial charge in [0.15, 0.2) is 0 Å². The van der Waals surface area contributed by atoms with Gasteiger partial charge in [0.1, 0.15) is 11.5 Å². The van der Waals surface area contributed by atoms with E-state index in [0.29, 0.717) is 22.5 Å². The highest BCUT2D eigenvalue weighted by atomic mass is 35.5. The van der Waals surface area contributed by atoms with E-state index >= 15 is 0 Å². The highest BCUT2D eigenvalue weighted by molar-refractivity contribution is 6.33. The molecule has 1 heterocycles. The van der Waals surface area contributed by atoms with E-state index in [-0.39, 0.29) is 11.9 Å². The van der Waals surface area contributed by atoms with Crippen LogP contribution < -0.4 is 10.6 Å². The van der Waals surface area contributed by atoms with Crippen molar-refractivity contribution >= 4 is 23.3 Å². The Morgan fingerprint density at radius 1 is 1.38 bits per heavy atom. The van der Waals surface area contributed by atoms with E-state index in [0.717, 1.165) is 11.8 Å². The third-order valence-corrected chi connectivity index (χ3v) is 5.42. The highest BCUT2D eigenvalue weighted by Gasteiger charge is 2.42. The number of rotatable bonds is 4. The molecular formula is C16H22ClN3O. The summed E-state index contributed by atoms with van der Waals surface area (Å²) in [5, 5.41) is 6.43. The van der Waals surface area contributed by atoms with Crippen molar-refractivity contribution in [2.24, 2.45) is 17.8 Å². The van der Waals surface area contributed by atoms with Crippen molar-refractivity contribution in [1.29, 1.82) is 0 Å². The lowest BCUT2D eigenvalue weighted by Crippen LogP contribution is -2.40. The average Bonchev–Trinajstić information content (AvgIpc) is 3.10. The molecule has 0 saturated heterocycles. The van der Waals surface area contributed by atoms with E-state index in [4.69, 9.17) is 11.6 Å². The number of fused-ring (bicyclic) bond motifs is 2. The third-order valence-electron chi connectivity index (χ3n) is 5.11. The van der Waals surface area contributed by atoms with Gasteiger partial charge in [-0.1, -0.05) is 18.0 Å². The van der Waals surface area contributed by atoms with Crippen LogP contribution in [-0.2, 0) is 0 Å². The Bertz CT molecular complexity index is 548. The molecule has 0 radical (unpaired) electrons. The van der Waals surface area contributed by atoms with Crippen LogP contribution in [0.1, 0.15) is 43.1 Å². The maximum Gasteiger partial charge on any atom is 0.271 e. The number of aromatic nitrogens is 1. The minimum absolute atomic E-state index is 0.174. The van der Waals surface area contributed by atoms with Gasteiger partial charge in [-0.05, 0) is 56.1 Å². The summed E-state index contributed by atoms with van der Waals surface area (Å²) in [7, 11) is 1.77. The van der Waals surface area contributed by atoms with Crippen LogP contribution in [0.3, 0.4) is 0 Å². The standard InChI is InChI=1S/C16H22ClN3O/c1-9(12-8-10-3-4-11(12)7-10)19-16(21)15-13(17)5-6-14(18-2)20-15/h5-6,9-12H,3-4,7-8H2,1-2H3,(H,18,20)(H,19,21). The van der Waals surface area contributed by atoms with Crippen LogP contribution in [0.5, 0.6) is 0 Å². The molecule has 1 amide bonds. The summed E-state index contributed by atoms with van der Waals surface area (Å²) in [5.41, 5.74) is 0.304. The van der Waals surface area contributed by atoms with Crippen molar-refractivity contribution in [2.75, 3.05) is 12.4 Å². The first-order valence-electron chi connectivity index (χ1n) is 7.73. The van der Waals surface area contributed by atoms with Gasteiger partial charge in [0.25, 0.3) is 5.91 Å². The van der Waals surface area contributed by atoms with E-state index in [2.05, 4.69) is 22.5 Å². The second-order valence-corrected chi connectivity index (χ2v) is 6.78. The monoisotopic (exact) mass is 307 g/mol. The van der Waals surface area contributed by atoms with Crippen molar-refractivity contribution in [3.8, 4) is 0 Å². The minimum Gasteiger partial charge on any atom is -0.373 e. The van der Waals surface area contributed by atoms with E-state index in [1.807, 2.05) is 0 Å². The first kappa shape index (κ1) is 14.6. The zero-order valence-electron chi connectivity index (χ0n) is 12.5. The molecule has 5 heteroatoms. The summed E-state index contributed by atoms with van der Waals surface area (Å²) in [4.78, 5) is 16.7. The Balaban J connectivity index is 1.68. The van der Waals surface area contributed by atoms with Crippen molar-refractivity contribution < 1.29 is 4.79 Å². The number of carbonyl (C=O) groups is 1. The molecule has 4 atom stereocenters. The maximum absolute atomic E-state index is 12.4. The minimum atomic E-state index is -0.174. The van der Waals surface area contributed by atoms with Crippen molar-refractivity contribution in [2.45, 2.75) is 38.6 Å². The van der Waals surface area contributed by atoms with Gasteiger partial charge >= 0.3 is 0 Å². The predicted molar refractivity (Wildman–Crippen MR) is 84.7 cm³/mol. The molecule has 2 N–H and O–H groups in total. The van der Waals surface area contributed by atoms with E-state index < -0.39 is 0 Å². The first-order valence-corrected chi connectivity index (χ1v) is 8.11. The Kier molecular flexibility index (Phi) is 4.07. The van der Waals surface area contributed by atoms with Gasteiger partial charge < -0.3 is 10.6 Å². The number of anilines is 1. The smallest absolute Gasteiger partial charge is 0.271 e. The average molecular weight is 308 g/mol. The van der Waals surface area contributed by atoms with Crippen LogP contribution in [0.2, 0.25) is 5.02 Å². The Labute approximate surface area is 130 Å². The van der Waals surface area contributed by atoms with Gasteiger partial charge in [-0.15, -0.1) is 0 Å². The maximum atomic E-state index is 12.4. The van der Waals surface area contributed by atoms with Crippen molar-refractivity contribution in [3.05, 3.63) is 22.8 Å². The topological polar surface area (TPSA) is 54.0 Å². The molecule has 1 aromatic rings. The van der Waals surface area contributed by atoms with Gasteiger partial charge in [0.2, 0.25) is 0 Å². The van der Waals surface area contributed by atoms with E-state index in [9.17, 15) is 4.79 Å². The number of nitrogens with one attached hydrogen (secondary N) is 2. The number of carbonyl (C=O) groups excluding carboxylic acids is 1. The molecule has 0 aliphatic heterocycles. The summed E-state index contributed by atoms with van der Waals surface area (Å²) < 4.78 is 0. The number of pyridine rings is 1. The number of nitrogens with zero attached hydrogens (tertiary/aromatic N) is 1. The van der Waals surface area contributed by atoms with Crippen molar-refractivity contribution in [3.63, 3.8) is 0 Å². The zero-order valence-corrected chi connectivity index (χ0v) is 13.3. The van der Waals surface area contributed by atoms with Crippen molar-refractivity contribution in [1.82, 2.24) is 10.3 Å². The lowest BCUT2D eigenvalue weighted by Gasteiger charge is -2.28. The molecule has 2 saturated carbocycles. The first-order chi connectivity index (χ1) is 10.1. The van der Waals surface area contributed by atoms with E-state index in [1.165, 1.54) is 25.7 Å². The fourth-order valence-electron chi connectivity index (χ4n) is 4.03. The molecule has 0 spiro atoms. The number of halogens is 1. The van der Waals surface area contributed by atoms with Crippen LogP contribution in [0.25, 0.3) is 0 Å². The molecule has 0 aromatic carbocycles. The van der Waals surface area contributed by atoms with Crippen LogP contribution in [0.15, 0.2) is 12.1 Å². The van der Waals surface area contributed by atoms with Crippen LogP contribution in [0.4, 0.5) is 5.82 Å². The fourth-order valence-corrected chi connectivity index (χ4v) is 4.22. The number of hydrogen-bond donors (Lipinski definition) is 2. The summed E-state index contributed by atoms with van der Waals surface area (Å²) in [5.74, 6) is 2.76. The van der Waals surface area contributed by atoms with Crippen LogP contribution in [0, 0.1) is 17.8 Å². The molecule has 2 aliphatic rings. The molecule has 4 unspecified atom stereocenters. The molecule has 2 bridgehead atoms. The van der Waals surface area contributed by atoms with Gasteiger partial charge in [-0.25, -0.2) is 4.98 Å². The molecule has 2 aliphatic carbocycles. The predicted octanol–water partition coefficient (Wildman–Crippen LogP) is 3.33. The van der Waals surface area contributed by atoms with Gasteiger partial charge in [0.05, 0.1) is 5.02 Å². The summed E-state index contributed by atoms with van der Waals surface area (Å²) in [6, 6.07) is 3.65. The Hall–Kier alpha value is -1.29. The van der Waals surface area contributed by atoms with Gasteiger partial charge in [-0.2, -0.15) is 0 Å². The fraction of sp³-hybridized carbons (Fsp3) is 0.625. The number of amides is 1. The van der Waals surface area contributed by atoms with E-state index in [1.54, 1.807) is 19.2 Å². The van der Waals surface area contributed by atoms with Crippen LogP contribution >= 0.6 is 11.6 Å². The zero-order chi connectivity index (χ0) is 15.0. The third kappa shape index (κ3) is 2.86. The largest absolute Gasteiger partial charge is 0.373 e. The molecule has 3 rings (SSSR count). The Morgan fingerprint density at radius 3 is 2.81 bits per heavy atom. The summed E-state index contributed by atoms with van der Waals surface area (Å²) in [6.45, 7) is 2.11. The second-order valence-electron chi connectivity index (χ2n) is 6.38. The number of hydrogen-bond acceptors (Lipinski definition) is 3. The molecule has 21 heavy (non-hydrogen) atoms. The van der Waals surface area contributed by atoms with Gasteiger partial charge in [0, 0.05) is 13.1 Å².